The fourth-order valence-electron chi connectivity index (χ4n) is 3.53. The van der Waals surface area contributed by atoms with Gasteiger partial charge in [-0.3, -0.25) is 19.3 Å². The lowest BCUT2D eigenvalue weighted by Gasteiger charge is -2.18. The van der Waals surface area contributed by atoms with Crippen LogP contribution in [0, 0.1) is 5.92 Å². The molecule has 8 heteroatoms. The van der Waals surface area contributed by atoms with Crippen molar-refractivity contribution in [1.82, 2.24) is 15.5 Å². The molecule has 0 radical (unpaired) electrons. The van der Waals surface area contributed by atoms with Crippen LogP contribution in [0.3, 0.4) is 0 Å². The average Bonchev–Trinajstić information content (AvgIpc) is 3.17. The predicted molar refractivity (Wildman–Crippen MR) is 127 cm³/mol. The summed E-state index contributed by atoms with van der Waals surface area (Å²) in [5, 5.41) is 5.18. The summed E-state index contributed by atoms with van der Waals surface area (Å²) < 4.78 is 4.51. The van der Waals surface area contributed by atoms with Crippen molar-refractivity contribution in [2.24, 2.45) is 5.92 Å². The molecule has 1 heterocycles. The summed E-state index contributed by atoms with van der Waals surface area (Å²) in [4.78, 5) is 50.5. The van der Waals surface area contributed by atoms with Crippen molar-refractivity contribution in [2.75, 3.05) is 13.7 Å². The Morgan fingerprint density at radius 1 is 1.06 bits per heavy atom. The molecule has 0 fully saturated rings. The van der Waals surface area contributed by atoms with E-state index in [9.17, 15) is 19.2 Å². The van der Waals surface area contributed by atoms with Crippen LogP contribution in [0.15, 0.2) is 67.0 Å². The molecule has 0 spiro atoms. The third-order valence-electron chi connectivity index (χ3n) is 5.38. The van der Waals surface area contributed by atoms with Crippen LogP contribution >= 0.6 is 0 Å². The lowest BCUT2D eigenvalue weighted by Crippen LogP contribution is -2.36. The SMILES string of the molecule is C=C(NC(=O)C(=C)N1Cc2c(cccc2-c2ccc(C(=O)NCC(C)C)cc2)C1=O)C(=O)OC. The molecule has 3 rings (SSSR count). The molecular weight excluding hydrogens is 434 g/mol. The molecule has 0 aliphatic carbocycles. The standard InChI is InChI=1S/C26H27N3O5/c1-15(2)13-27-24(31)19-11-9-18(10-12-19)20-7-6-8-21-22(20)14-29(25(21)32)17(4)23(30)28-16(3)26(33)34-5/h6-12,15H,3-4,13-14H2,1-2,5H3,(H,27,31)(H,28,30). The first-order chi connectivity index (χ1) is 16.1. The van der Waals surface area contributed by atoms with Crippen LogP contribution in [-0.4, -0.2) is 42.2 Å². The van der Waals surface area contributed by atoms with E-state index in [4.69, 9.17) is 0 Å². The maximum Gasteiger partial charge on any atom is 0.353 e. The first-order valence-electron chi connectivity index (χ1n) is 10.7. The second kappa shape index (κ2) is 10.2. The molecule has 0 aromatic heterocycles. The van der Waals surface area contributed by atoms with Gasteiger partial charge in [-0.1, -0.05) is 51.3 Å². The van der Waals surface area contributed by atoms with Gasteiger partial charge in [0.1, 0.15) is 11.4 Å². The molecule has 8 nitrogen and oxygen atoms in total. The monoisotopic (exact) mass is 461 g/mol. The van der Waals surface area contributed by atoms with E-state index in [1.807, 2.05) is 32.0 Å². The largest absolute Gasteiger partial charge is 0.464 e. The number of methoxy groups -OCH3 is 1. The number of rotatable bonds is 8. The van der Waals surface area contributed by atoms with Crippen molar-refractivity contribution in [3.05, 3.63) is 83.7 Å². The van der Waals surface area contributed by atoms with E-state index in [0.29, 0.717) is 23.6 Å². The Labute approximate surface area is 198 Å². The van der Waals surface area contributed by atoms with E-state index in [1.54, 1.807) is 24.3 Å². The lowest BCUT2D eigenvalue weighted by molar-refractivity contribution is -0.137. The predicted octanol–water partition coefficient (Wildman–Crippen LogP) is 3.01. The number of carbonyl (C=O) groups excluding carboxylic acids is 4. The Morgan fingerprint density at radius 2 is 1.71 bits per heavy atom. The molecule has 2 N–H and O–H groups in total. The lowest BCUT2D eigenvalue weighted by atomic mass is 9.96. The fourth-order valence-corrected chi connectivity index (χ4v) is 3.53. The number of fused-ring (bicyclic) bond motifs is 1. The topological polar surface area (TPSA) is 105 Å². The zero-order valence-corrected chi connectivity index (χ0v) is 19.4. The Balaban J connectivity index is 1.79. The van der Waals surface area contributed by atoms with Crippen molar-refractivity contribution in [3.63, 3.8) is 0 Å². The summed E-state index contributed by atoms with van der Waals surface area (Å²) in [6, 6.07) is 12.5. The molecule has 1 aliphatic heterocycles. The van der Waals surface area contributed by atoms with Crippen molar-refractivity contribution in [1.29, 1.82) is 0 Å². The van der Waals surface area contributed by atoms with Gasteiger partial charge in [-0.25, -0.2) is 4.79 Å². The van der Waals surface area contributed by atoms with Crippen LogP contribution in [-0.2, 0) is 20.9 Å². The Hall–Kier alpha value is -4.20. The quantitative estimate of drug-likeness (QED) is 0.465. The molecule has 34 heavy (non-hydrogen) atoms. The number of benzene rings is 2. The van der Waals surface area contributed by atoms with E-state index >= 15 is 0 Å². The number of nitrogens with one attached hydrogen (secondary N) is 2. The minimum absolute atomic E-state index is 0.116. The fraction of sp³-hybridized carbons (Fsp3) is 0.231. The zero-order valence-electron chi connectivity index (χ0n) is 19.4. The van der Waals surface area contributed by atoms with Gasteiger partial charge in [-0.2, -0.15) is 0 Å². The number of ether oxygens (including phenoxy) is 1. The van der Waals surface area contributed by atoms with Crippen molar-refractivity contribution in [2.45, 2.75) is 20.4 Å². The third-order valence-corrected chi connectivity index (χ3v) is 5.38. The van der Waals surface area contributed by atoms with Crippen LogP contribution in [0.25, 0.3) is 11.1 Å². The molecule has 3 amide bonds. The van der Waals surface area contributed by atoms with Crippen molar-refractivity contribution >= 4 is 23.7 Å². The number of hydrogen-bond acceptors (Lipinski definition) is 5. The summed E-state index contributed by atoms with van der Waals surface area (Å²) in [5.41, 5.74) is 3.02. The minimum Gasteiger partial charge on any atom is -0.464 e. The molecular formula is C26H27N3O5. The highest BCUT2D eigenvalue weighted by Crippen LogP contribution is 2.34. The van der Waals surface area contributed by atoms with E-state index in [2.05, 4.69) is 28.5 Å². The molecule has 176 valence electrons. The van der Waals surface area contributed by atoms with Gasteiger partial charge < -0.3 is 15.4 Å². The smallest absolute Gasteiger partial charge is 0.353 e. The van der Waals surface area contributed by atoms with Gasteiger partial charge in [-0.15, -0.1) is 0 Å². The molecule has 2 aromatic rings. The summed E-state index contributed by atoms with van der Waals surface area (Å²) in [6.07, 6.45) is 0. The Bertz CT molecular complexity index is 1180. The second-order valence-corrected chi connectivity index (χ2v) is 8.28. The zero-order chi connectivity index (χ0) is 25.0. The van der Waals surface area contributed by atoms with E-state index in [-0.39, 0.29) is 29.8 Å². The van der Waals surface area contributed by atoms with Crippen molar-refractivity contribution in [3.8, 4) is 11.1 Å². The van der Waals surface area contributed by atoms with Crippen LogP contribution in [0.2, 0.25) is 0 Å². The normalized spacial score (nSPS) is 12.2. The molecule has 0 unspecified atom stereocenters. The third kappa shape index (κ3) is 5.06. The molecule has 0 saturated carbocycles. The Morgan fingerprint density at radius 3 is 2.32 bits per heavy atom. The summed E-state index contributed by atoms with van der Waals surface area (Å²) >= 11 is 0. The Kier molecular flexibility index (Phi) is 7.31. The van der Waals surface area contributed by atoms with Gasteiger partial charge in [-0.05, 0) is 40.8 Å². The maximum absolute atomic E-state index is 13.0. The summed E-state index contributed by atoms with van der Waals surface area (Å²) in [5.74, 6) is -1.68. The number of hydrogen-bond donors (Lipinski definition) is 2. The molecule has 0 bridgehead atoms. The molecule has 1 aliphatic rings. The van der Waals surface area contributed by atoms with E-state index < -0.39 is 11.9 Å². The summed E-state index contributed by atoms with van der Waals surface area (Å²) in [6.45, 7) is 12.0. The number of esters is 1. The molecule has 2 aromatic carbocycles. The number of nitrogens with zero attached hydrogens (tertiary/aromatic N) is 1. The molecule has 0 atom stereocenters. The van der Waals surface area contributed by atoms with Crippen LogP contribution < -0.4 is 10.6 Å². The second-order valence-electron chi connectivity index (χ2n) is 8.28. The average molecular weight is 462 g/mol. The summed E-state index contributed by atoms with van der Waals surface area (Å²) in [7, 11) is 1.17. The first-order valence-corrected chi connectivity index (χ1v) is 10.7. The first kappa shape index (κ1) is 24.4. The highest BCUT2D eigenvalue weighted by Gasteiger charge is 2.33. The highest BCUT2D eigenvalue weighted by atomic mass is 16.5. The van der Waals surface area contributed by atoms with Gasteiger partial charge in [0.15, 0.2) is 0 Å². The number of carbonyl (C=O) groups is 4. The highest BCUT2D eigenvalue weighted by molar-refractivity contribution is 6.08. The van der Waals surface area contributed by atoms with E-state index in [0.717, 1.165) is 16.7 Å². The van der Waals surface area contributed by atoms with Crippen molar-refractivity contribution < 1.29 is 23.9 Å². The number of amides is 3. The van der Waals surface area contributed by atoms with Gasteiger partial charge in [0.2, 0.25) is 0 Å². The van der Waals surface area contributed by atoms with Gasteiger partial charge in [0.05, 0.1) is 13.7 Å². The van der Waals surface area contributed by atoms with Crippen LogP contribution in [0.1, 0.15) is 40.1 Å². The van der Waals surface area contributed by atoms with Gasteiger partial charge >= 0.3 is 5.97 Å². The van der Waals surface area contributed by atoms with Gasteiger partial charge in [0, 0.05) is 17.7 Å². The van der Waals surface area contributed by atoms with Crippen LogP contribution in [0.4, 0.5) is 0 Å². The van der Waals surface area contributed by atoms with E-state index in [1.165, 1.54) is 12.0 Å². The minimum atomic E-state index is -0.791. The maximum atomic E-state index is 13.0. The van der Waals surface area contributed by atoms with Gasteiger partial charge in [0.25, 0.3) is 17.7 Å². The van der Waals surface area contributed by atoms with Crippen LogP contribution in [0.5, 0.6) is 0 Å². The molecule has 0 saturated heterocycles.